The van der Waals surface area contributed by atoms with Gasteiger partial charge in [0.2, 0.25) is 5.91 Å². The molecule has 0 unspecified atom stereocenters. The Morgan fingerprint density at radius 1 is 1.31 bits per heavy atom. The number of hydrogen-bond donors (Lipinski definition) is 1. The van der Waals surface area contributed by atoms with Crippen LogP contribution in [0.3, 0.4) is 0 Å². The number of nitrogens with zero attached hydrogens (tertiary/aromatic N) is 2. The van der Waals surface area contributed by atoms with Crippen LogP contribution in [0.1, 0.15) is 21.5 Å². The lowest BCUT2D eigenvalue weighted by Crippen LogP contribution is -2.31. The van der Waals surface area contributed by atoms with E-state index in [1.54, 1.807) is 12.1 Å². The van der Waals surface area contributed by atoms with E-state index >= 15 is 0 Å². The standard InChI is InChI=1S/C17H17N3O6/c1-10-5-4-6-14(11(10)2)18-15(21)9-19-8-12(20(24)25)7-13(16(19)22)17(23)26-3/h4-8H,9H2,1-3H3,(H,18,21). The van der Waals surface area contributed by atoms with Crippen molar-refractivity contribution in [1.29, 1.82) is 0 Å². The molecule has 0 aliphatic rings. The molecular formula is C17H17N3O6. The number of pyridine rings is 1. The van der Waals surface area contributed by atoms with Crippen LogP contribution in [0.4, 0.5) is 11.4 Å². The highest BCUT2D eigenvalue weighted by Crippen LogP contribution is 2.18. The average molecular weight is 359 g/mol. The van der Waals surface area contributed by atoms with Crippen LogP contribution in [0, 0.1) is 24.0 Å². The largest absolute Gasteiger partial charge is 0.465 e. The van der Waals surface area contributed by atoms with Crippen molar-refractivity contribution in [3.63, 3.8) is 0 Å². The molecule has 0 saturated heterocycles. The first-order chi connectivity index (χ1) is 12.2. The predicted octanol–water partition coefficient (Wildman–Crippen LogP) is 1.80. The first-order valence-electron chi connectivity index (χ1n) is 7.58. The molecule has 0 saturated carbocycles. The molecule has 1 aromatic carbocycles. The van der Waals surface area contributed by atoms with Crippen LogP contribution < -0.4 is 10.9 Å². The number of methoxy groups -OCH3 is 1. The Morgan fingerprint density at radius 3 is 2.62 bits per heavy atom. The summed E-state index contributed by atoms with van der Waals surface area (Å²) in [6.45, 7) is 3.23. The van der Waals surface area contributed by atoms with E-state index in [9.17, 15) is 24.5 Å². The topological polar surface area (TPSA) is 121 Å². The number of hydrogen-bond acceptors (Lipinski definition) is 6. The van der Waals surface area contributed by atoms with Gasteiger partial charge in [-0.2, -0.15) is 0 Å². The quantitative estimate of drug-likeness (QED) is 0.494. The van der Waals surface area contributed by atoms with E-state index in [0.29, 0.717) is 5.69 Å². The minimum absolute atomic E-state index is 0.488. The van der Waals surface area contributed by atoms with Gasteiger partial charge in [-0.25, -0.2) is 4.79 Å². The van der Waals surface area contributed by atoms with Crippen LogP contribution in [0.15, 0.2) is 35.3 Å². The van der Waals surface area contributed by atoms with E-state index < -0.39 is 40.2 Å². The van der Waals surface area contributed by atoms with Gasteiger partial charge in [0, 0.05) is 11.8 Å². The van der Waals surface area contributed by atoms with Gasteiger partial charge in [-0.3, -0.25) is 24.3 Å². The molecular weight excluding hydrogens is 342 g/mol. The molecule has 0 radical (unpaired) electrons. The number of benzene rings is 1. The van der Waals surface area contributed by atoms with Crippen LogP contribution in [0.2, 0.25) is 0 Å². The first kappa shape index (κ1) is 18.8. The molecule has 26 heavy (non-hydrogen) atoms. The zero-order valence-corrected chi connectivity index (χ0v) is 14.4. The minimum Gasteiger partial charge on any atom is -0.465 e. The fourth-order valence-corrected chi connectivity index (χ4v) is 2.32. The summed E-state index contributed by atoms with van der Waals surface area (Å²) < 4.78 is 5.27. The van der Waals surface area contributed by atoms with Gasteiger partial charge in [0.15, 0.2) is 0 Å². The van der Waals surface area contributed by atoms with Crippen molar-refractivity contribution in [1.82, 2.24) is 4.57 Å². The van der Waals surface area contributed by atoms with Gasteiger partial charge in [0.25, 0.3) is 11.2 Å². The molecule has 1 N–H and O–H groups in total. The van der Waals surface area contributed by atoms with Crippen LogP contribution in [0.25, 0.3) is 0 Å². The number of aromatic nitrogens is 1. The van der Waals surface area contributed by atoms with Gasteiger partial charge >= 0.3 is 5.97 Å². The molecule has 0 spiro atoms. The number of carbonyl (C=O) groups is 2. The summed E-state index contributed by atoms with van der Waals surface area (Å²) in [5.74, 6) is -1.57. The highest BCUT2D eigenvalue weighted by atomic mass is 16.6. The Labute approximate surface area is 148 Å². The van der Waals surface area contributed by atoms with E-state index in [1.165, 1.54) is 0 Å². The highest BCUT2D eigenvalue weighted by molar-refractivity contribution is 5.92. The number of esters is 1. The smallest absolute Gasteiger partial charge is 0.343 e. The Hall–Kier alpha value is -3.49. The van der Waals surface area contributed by atoms with Gasteiger partial charge in [-0.1, -0.05) is 12.1 Å². The first-order valence-corrected chi connectivity index (χ1v) is 7.58. The van der Waals surface area contributed by atoms with Gasteiger partial charge in [0.1, 0.15) is 12.1 Å². The maximum absolute atomic E-state index is 12.3. The molecule has 136 valence electrons. The molecule has 0 aliphatic carbocycles. The van der Waals surface area contributed by atoms with Gasteiger partial charge in [0.05, 0.1) is 18.2 Å². The van der Waals surface area contributed by atoms with Crippen LogP contribution in [-0.4, -0.2) is 28.5 Å². The maximum atomic E-state index is 12.3. The molecule has 0 fully saturated rings. The SMILES string of the molecule is COC(=O)c1cc([N+](=O)[O-])cn(CC(=O)Nc2cccc(C)c2C)c1=O. The number of nitrogens with one attached hydrogen (secondary N) is 1. The Balaban J connectivity index is 2.36. The summed E-state index contributed by atoms with van der Waals surface area (Å²) in [6.07, 6.45) is 0.914. The number of aryl methyl sites for hydroxylation is 1. The molecule has 9 heteroatoms. The summed E-state index contributed by atoms with van der Waals surface area (Å²) in [5, 5.41) is 13.7. The number of amides is 1. The lowest BCUT2D eigenvalue weighted by molar-refractivity contribution is -0.385. The molecule has 2 rings (SSSR count). The summed E-state index contributed by atoms with van der Waals surface area (Å²) in [4.78, 5) is 46.5. The average Bonchev–Trinajstić information content (AvgIpc) is 2.59. The molecule has 1 aromatic heterocycles. The Bertz CT molecular complexity index is 948. The second-order valence-electron chi connectivity index (χ2n) is 5.59. The minimum atomic E-state index is -1.01. The van der Waals surface area contributed by atoms with E-state index in [-0.39, 0.29) is 0 Å². The normalized spacial score (nSPS) is 10.3. The number of carbonyl (C=O) groups excluding carboxylic acids is 2. The number of anilines is 1. The van der Waals surface area contributed by atoms with Crippen molar-refractivity contribution in [2.24, 2.45) is 0 Å². The molecule has 9 nitrogen and oxygen atoms in total. The monoisotopic (exact) mass is 359 g/mol. The van der Waals surface area contributed by atoms with E-state index in [2.05, 4.69) is 10.1 Å². The maximum Gasteiger partial charge on any atom is 0.343 e. The summed E-state index contributed by atoms with van der Waals surface area (Å²) >= 11 is 0. The Morgan fingerprint density at radius 2 is 2.00 bits per heavy atom. The molecule has 1 amide bonds. The van der Waals surface area contributed by atoms with E-state index in [1.807, 2.05) is 19.9 Å². The van der Waals surface area contributed by atoms with Gasteiger partial charge < -0.3 is 10.1 Å². The second kappa shape index (κ2) is 7.60. The highest BCUT2D eigenvalue weighted by Gasteiger charge is 2.21. The number of rotatable bonds is 5. The van der Waals surface area contributed by atoms with Crippen molar-refractivity contribution in [3.05, 3.63) is 67.6 Å². The Kier molecular flexibility index (Phi) is 5.51. The van der Waals surface area contributed by atoms with Crippen LogP contribution in [-0.2, 0) is 16.1 Å². The van der Waals surface area contributed by atoms with Gasteiger partial charge in [-0.15, -0.1) is 0 Å². The van der Waals surface area contributed by atoms with E-state index in [0.717, 1.165) is 35.1 Å². The number of ether oxygens (including phenoxy) is 1. The molecule has 1 heterocycles. The fourth-order valence-electron chi connectivity index (χ4n) is 2.32. The van der Waals surface area contributed by atoms with Crippen molar-refractivity contribution in [2.45, 2.75) is 20.4 Å². The third kappa shape index (κ3) is 3.94. The van der Waals surface area contributed by atoms with Crippen molar-refractivity contribution in [2.75, 3.05) is 12.4 Å². The van der Waals surface area contributed by atoms with Crippen LogP contribution >= 0.6 is 0 Å². The van der Waals surface area contributed by atoms with Crippen molar-refractivity contribution < 1.29 is 19.2 Å². The molecule has 2 aromatic rings. The van der Waals surface area contributed by atoms with Gasteiger partial charge in [-0.05, 0) is 31.0 Å². The number of nitro groups is 1. The zero-order valence-electron chi connectivity index (χ0n) is 14.4. The predicted molar refractivity (Wildman–Crippen MR) is 93.2 cm³/mol. The fraction of sp³-hybridized carbons (Fsp3) is 0.235. The van der Waals surface area contributed by atoms with E-state index in [4.69, 9.17) is 0 Å². The molecule has 0 bridgehead atoms. The third-order valence-electron chi connectivity index (χ3n) is 3.88. The zero-order chi connectivity index (χ0) is 19.4. The summed E-state index contributed by atoms with van der Waals surface area (Å²) in [5.41, 5.74) is 0.553. The summed E-state index contributed by atoms with van der Waals surface area (Å²) in [6, 6.07) is 6.19. The van der Waals surface area contributed by atoms with Crippen molar-refractivity contribution in [3.8, 4) is 0 Å². The molecule has 0 aliphatic heterocycles. The van der Waals surface area contributed by atoms with Crippen LogP contribution in [0.5, 0.6) is 0 Å². The third-order valence-corrected chi connectivity index (χ3v) is 3.88. The summed E-state index contributed by atoms with van der Waals surface area (Å²) in [7, 11) is 1.05. The lowest BCUT2D eigenvalue weighted by Gasteiger charge is -2.11. The van der Waals surface area contributed by atoms with Crippen molar-refractivity contribution >= 4 is 23.3 Å². The lowest BCUT2D eigenvalue weighted by atomic mass is 10.1. The second-order valence-corrected chi connectivity index (χ2v) is 5.59. The molecule has 0 atom stereocenters.